The van der Waals surface area contributed by atoms with E-state index in [4.69, 9.17) is 4.74 Å². The predicted molar refractivity (Wildman–Crippen MR) is 116 cm³/mol. The van der Waals surface area contributed by atoms with Crippen LogP contribution < -0.4 is 4.90 Å². The smallest absolute Gasteiger partial charge is 0.363 e. The second kappa shape index (κ2) is 9.70. The number of hydrogen-bond donors (Lipinski definition) is 0. The van der Waals surface area contributed by atoms with Crippen LogP contribution in [0.5, 0.6) is 0 Å². The van der Waals surface area contributed by atoms with Gasteiger partial charge in [-0.3, -0.25) is 0 Å². The van der Waals surface area contributed by atoms with Crippen LogP contribution in [0.15, 0.2) is 71.4 Å². The molecule has 0 radical (unpaired) electrons. The molecule has 3 rings (SSSR count). The number of cyclic esters (lactones) is 1. The molecule has 0 aromatic heterocycles. The Labute approximate surface area is 166 Å². The number of carbonyl (C=O) groups excluding carboxylic acids is 1. The highest BCUT2D eigenvalue weighted by molar-refractivity contribution is 6.11. The summed E-state index contributed by atoms with van der Waals surface area (Å²) in [4.78, 5) is 18.8. The van der Waals surface area contributed by atoms with E-state index >= 15 is 0 Å². The third-order valence-corrected chi connectivity index (χ3v) is 4.40. The summed E-state index contributed by atoms with van der Waals surface area (Å²) >= 11 is 0. The number of carbonyl (C=O) groups is 1. The van der Waals surface area contributed by atoms with Crippen molar-refractivity contribution >= 4 is 29.7 Å². The second-order valence-electron chi connectivity index (χ2n) is 6.69. The van der Waals surface area contributed by atoms with Crippen molar-refractivity contribution in [1.29, 1.82) is 0 Å². The molecular formula is C24H26N2O2. The topological polar surface area (TPSA) is 41.9 Å². The van der Waals surface area contributed by atoms with Gasteiger partial charge < -0.3 is 9.64 Å². The fourth-order valence-electron chi connectivity index (χ4n) is 3.08. The molecule has 1 aliphatic rings. The molecular weight excluding hydrogens is 348 g/mol. The van der Waals surface area contributed by atoms with E-state index in [9.17, 15) is 4.79 Å². The third-order valence-electron chi connectivity index (χ3n) is 4.40. The van der Waals surface area contributed by atoms with Crippen LogP contribution in [0.2, 0.25) is 0 Å². The summed E-state index contributed by atoms with van der Waals surface area (Å²) in [6.45, 7) is 6.47. The van der Waals surface area contributed by atoms with Crippen molar-refractivity contribution in [3.8, 4) is 0 Å². The minimum absolute atomic E-state index is 0.314. The second-order valence-corrected chi connectivity index (χ2v) is 6.69. The van der Waals surface area contributed by atoms with Crippen molar-refractivity contribution in [2.24, 2.45) is 4.99 Å². The zero-order valence-electron chi connectivity index (χ0n) is 16.5. The minimum atomic E-state index is -0.421. The number of anilines is 1. The van der Waals surface area contributed by atoms with Gasteiger partial charge in [-0.05, 0) is 48.3 Å². The van der Waals surface area contributed by atoms with E-state index < -0.39 is 5.97 Å². The molecule has 2 aromatic rings. The van der Waals surface area contributed by atoms with E-state index in [2.05, 4.69) is 35.9 Å². The van der Waals surface area contributed by atoms with Crippen molar-refractivity contribution in [2.45, 2.75) is 26.7 Å². The van der Waals surface area contributed by atoms with Gasteiger partial charge in [0.1, 0.15) is 0 Å². The van der Waals surface area contributed by atoms with Crippen LogP contribution in [0.3, 0.4) is 0 Å². The molecule has 0 saturated heterocycles. The first-order valence-corrected chi connectivity index (χ1v) is 9.80. The van der Waals surface area contributed by atoms with Gasteiger partial charge in [0.2, 0.25) is 5.90 Å². The molecule has 0 aliphatic carbocycles. The standard InChI is InChI=1S/C24H26N2O2/c1-3-16-26(17-4-2)21-13-10-20(11-14-21)18-22-24(27)28-23(25-22)15-12-19-8-6-5-7-9-19/h5-15,18H,3-4,16-17H2,1-2H3. The molecule has 0 fully saturated rings. The Hall–Kier alpha value is -3.14. The third kappa shape index (κ3) is 5.19. The van der Waals surface area contributed by atoms with Crippen LogP contribution >= 0.6 is 0 Å². The molecule has 0 amide bonds. The summed E-state index contributed by atoms with van der Waals surface area (Å²) in [5, 5.41) is 0. The lowest BCUT2D eigenvalue weighted by Crippen LogP contribution is -2.24. The maximum atomic E-state index is 12.1. The van der Waals surface area contributed by atoms with Gasteiger partial charge in [-0.2, -0.15) is 0 Å². The van der Waals surface area contributed by atoms with Gasteiger partial charge in [0.25, 0.3) is 0 Å². The van der Waals surface area contributed by atoms with Gasteiger partial charge >= 0.3 is 5.97 Å². The number of aliphatic imine (C=N–C) groups is 1. The molecule has 1 aliphatic heterocycles. The van der Waals surface area contributed by atoms with Crippen LogP contribution in [-0.2, 0) is 9.53 Å². The first-order valence-electron chi connectivity index (χ1n) is 9.80. The summed E-state index contributed by atoms with van der Waals surface area (Å²) in [7, 11) is 0. The average molecular weight is 374 g/mol. The number of ether oxygens (including phenoxy) is 1. The number of hydrogen-bond acceptors (Lipinski definition) is 4. The zero-order valence-corrected chi connectivity index (χ0v) is 16.5. The summed E-state index contributed by atoms with van der Waals surface area (Å²) in [6, 6.07) is 18.1. The van der Waals surface area contributed by atoms with Gasteiger partial charge in [0.05, 0.1) is 0 Å². The molecule has 28 heavy (non-hydrogen) atoms. The monoisotopic (exact) mass is 374 g/mol. The number of nitrogens with zero attached hydrogens (tertiary/aromatic N) is 2. The maximum Gasteiger partial charge on any atom is 0.363 e. The molecule has 0 atom stereocenters. The lowest BCUT2D eigenvalue weighted by Gasteiger charge is -2.23. The Kier molecular flexibility index (Phi) is 6.79. The molecule has 0 spiro atoms. The Morgan fingerprint density at radius 2 is 1.57 bits per heavy atom. The highest BCUT2D eigenvalue weighted by Gasteiger charge is 2.21. The van der Waals surface area contributed by atoms with Crippen LogP contribution in [0.4, 0.5) is 5.69 Å². The van der Waals surface area contributed by atoms with Crippen molar-refractivity contribution in [3.63, 3.8) is 0 Å². The van der Waals surface area contributed by atoms with E-state index in [-0.39, 0.29) is 0 Å². The highest BCUT2D eigenvalue weighted by Crippen LogP contribution is 2.20. The Morgan fingerprint density at radius 3 is 2.21 bits per heavy atom. The SMILES string of the molecule is CCCN(CCC)c1ccc(C=C2N=C(C=Cc3ccccc3)OC2=O)cc1. The zero-order chi connectivity index (χ0) is 19.8. The van der Waals surface area contributed by atoms with E-state index in [1.165, 1.54) is 5.69 Å². The van der Waals surface area contributed by atoms with Crippen molar-refractivity contribution in [1.82, 2.24) is 0 Å². The summed E-state index contributed by atoms with van der Waals surface area (Å²) in [5.41, 5.74) is 3.48. The first-order chi connectivity index (χ1) is 13.7. The molecule has 0 saturated carbocycles. The molecule has 4 heteroatoms. The first kappa shape index (κ1) is 19.6. The fourth-order valence-corrected chi connectivity index (χ4v) is 3.08. The lowest BCUT2D eigenvalue weighted by molar-refractivity contribution is -0.129. The fraction of sp³-hybridized carbons (Fsp3) is 0.250. The van der Waals surface area contributed by atoms with Crippen LogP contribution in [0.25, 0.3) is 12.2 Å². The van der Waals surface area contributed by atoms with E-state index in [0.29, 0.717) is 11.6 Å². The highest BCUT2D eigenvalue weighted by atomic mass is 16.6. The van der Waals surface area contributed by atoms with Crippen molar-refractivity contribution in [3.05, 3.63) is 77.5 Å². The van der Waals surface area contributed by atoms with E-state index in [1.807, 2.05) is 48.5 Å². The summed E-state index contributed by atoms with van der Waals surface area (Å²) in [6.07, 6.45) is 7.58. The predicted octanol–water partition coefficient (Wildman–Crippen LogP) is 5.32. The largest absolute Gasteiger partial charge is 0.403 e. The van der Waals surface area contributed by atoms with Gasteiger partial charge in [-0.15, -0.1) is 0 Å². The molecule has 0 bridgehead atoms. The Morgan fingerprint density at radius 1 is 0.893 bits per heavy atom. The molecule has 0 N–H and O–H groups in total. The number of benzene rings is 2. The van der Waals surface area contributed by atoms with Gasteiger partial charge in [-0.25, -0.2) is 9.79 Å². The van der Waals surface area contributed by atoms with E-state index in [0.717, 1.165) is 37.1 Å². The molecule has 1 heterocycles. The van der Waals surface area contributed by atoms with Crippen molar-refractivity contribution < 1.29 is 9.53 Å². The summed E-state index contributed by atoms with van der Waals surface area (Å²) < 4.78 is 5.24. The molecule has 2 aromatic carbocycles. The molecule has 4 nitrogen and oxygen atoms in total. The number of esters is 1. The average Bonchev–Trinajstić information content (AvgIpc) is 3.07. The quantitative estimate of drug-likeness (QED) is 0.464. The van der Waals surface area contributed by atoms with Crippen LogP contribution in [0, 0.1) is 0 Å². The summed E-state index contributed by atoms with van der Waals surface area (Å²) in [5.74, 6) is -0.107. The normalized spacial score (nSPS) is 15.1. The maximum absolute atomic E-state index is 12.1. The minimum Gasteiger partial charge on any atom is -0.403 e. The Balaban J connectivity index is 1.72. The van der Waals surface area contributed by atoms with Crippen LogP contribution in [-0.4, -0.2) is 25.0 Å². The van der Waals surface area contributed by atoms with E-state index in [1.54, 1.807) is 12.2 Å². The molecule has 0 unspecified atom stereocenters. The molecule has 144 valence electrons. The van der Waals surface area contributed by atoms with Gasteiger partial charge in [0, 0.05) is 24.9 Å². The number of rotatable bonds is 8. The van der Waals surface area contributed by atoms with Crippen LogP contribution in [0.1, 0.15) is 37.8 Å². The van der Waals surface area contributed by atoms with Gasteiger partial charge in [-0.1, -0.05) is 56.3 Å². The Bertz CT molecular complexity index is 875. The lowest BCUT2D eigenvalue weighted by atomic mass is 10.1. The van der Waals surface area contributed by atoms with Gasteiger partial charge in [0.15, 0.2) is 5.70 Å². The van der Waals surface area contributed by atoms with Crippen molar-refractivity contribution in [2.75, 3.05) is 18.0 Å².